The lowest BCUT2D eigenvalue weighted by molar-refractivity contribution is 0.475. The van der Waals surface area contributed by atoms with Gasteiger partial charge in [-0.2, -0.15) is 0 Å². The lowest BCUT2D eigenvalue weighted by Gasteiger charge is -2.06. The fourth-order valence-corrected chi connectivity index (χ4v) is 1.63. The number of aromatic hydroxyl groups is 1. The summed E-state index contributed by atoms with van der Waals surface area (Å²) in [5.41, 5.74) is 1.53. The van der Waals surface area contributed by atoms with Gasteiger partial charge in [0.2, 0.25) is 0 Å². The number of rotatable bonds is 3. The average Bonchev–Trinajstić information content (AvgIpc) is 2.41. The Kier molecular flexibility index (Phi) is 3.37. The fourth-order valence-electron chi connectivity index (χ4n) is 1.63. The molecule has 0 aromatic heterocycles. The molecule has 0 aliphatic rings. The molecule has 0 spiro atoms. The van der Waals surface area contributed by atoms with Gasteiger partial charge in [-0.25, -0.2) is 4.79 Å². The smallest absolute Gasteiger partial charge is 0.135 e. The molecule has 2 aromatic carbocycles. The molecule has 88 valence electrons. The van der Waals surface area contributed by atoms with E-state index in [1.807, 2.05) is 12.0 Å². The molecular weight excluding hydrogens is 226 g/mol. The molecule has 0 saturated heterocycles. The van der Waals surface area contributed by atoms with Crippen molar-refractivity contribution in [1.82, 2.24) is 0 Å². The maximum Gasteiger partial charge on any atom is 0.135 e. The van der Waals surface area contributed by atoms with Gasteiger partial charge in [0.05, 0.1) is 11.3 Å². The van der Waals surface area contributed by atoms with Crippen LogP contribution >= 0.6 is 0 Å². The first-order valence-electron chi connectivity index (χ1n) is 5.41. The van der Waals surface area contributed by atoms with Gasteiger partial charge in [0.25, 0.3) is 0 Å². The zero-order valence-electron chi connectivity index (χ0n) is 9.55. The van der Waals surface area contributed by atoms with Gasteiger partial charge < -0.3 is 5.11 Å². The number of phenolic OH excluding ortho intramolecular Hbond substituents is 1. The normalized spacial score (nSPS) is 9.56. The molecule has 0 heterocycles. The van der Waals surface area contributed by atoms with E-state index in [0.29, 0.717) is 11.1 Å². The molecule has 3 heteroatoms. The first kappa shape index (κ1) is 11.8. The molecule has 2 rings (SSSR count). The maximum absolute atomic E-state index is 11.0. The molecule has 18 heavy (non-hydrogen) atoms. The number of allylic oxidation sites excluding steroid dienone is 1. The second-order valence-corrected chi connectivity index (χ2v) is 3.76. The van der Waals surface area contributed by atoms with E-state index in [2.05, 4.69) is 0 Å². The van der Waals surface area contributed by atoms with Crippen LogP contribution in [0.4, 0.5) is 0 Å². The Bertz CT molecular complexity index is 609. The first-order valence-corrected chi connectivity index (χ1v) is 5.41. The molecule has 0 amide bonds. The molecule has 0 atom stereocenters. The van der Waals surface area contributed by atoms with Crippen LogP contribution in [0.3, 0.4) is 0 Å². The highest BCUT2D eigenvalue weighted by Crippen LogP contribution is 2.18. The molecule has 2 N–H and O–H groups in total. The summed E-state index contributed by atoms with van der Waals surface area (Å²) in [6, 6.07) is 15.1. The van der Waals surface area contributed by atoms with Crippen molar-refractivity contribution in [2.45, 2.75) is 0 Å². The van der Waals surface area contributed by atoms with E-state index < -0.39 is 0 Å². The standard InChI is InChI=1S/C15H11NO2/c16-15(12-6-8-13(18)9-7-12)14(10-17)11-4-2-1-3-5-11/h1-9,16,18H. The largest absolute Gasteiger partial charge is 0.508 e. The summed E-state index contributed by atoms with van der Waals surface area (Å²) in [5.74, 6) is 1.94. The molecule has 2 aromatic rings. The van der Waals surface area contributed by atoms with Crippen LogP contribution in [0.1, 0.15) is 11.1 Å². The fraction of sp³-hybridized carbons (Fsp3) is 0. The molecule has 0 saturated carbocycles. The van der Waals surface area contributed by atoms with Gasteiger partial charge in [-0.15, -0.1) is 0 Å². The SMILES string of the molecule is N=C(C(=C=O)c1ccccc1)c1ccc(O)cc1. The topological polar surface area (TPSA) is 61.2 Å². The highest BCUT2D eigenvalue weighted by Gasteiger charge is 2.11. The van der Waals surface area contributed by atoms with Crippen LogP contribution in [0.25, 0.3) is 5.57 Å². The lowest BCUT2D eigenvalue weighted by Crippen LogP contribution is -2.03. The van der Waals surface area contributed by atoms with Crippen molar-refractivity contribution < 1.29 is 9.90 Å². The van der Waals surface area contributed by atoms with Gasteiger partial charge in [0.15, 0.2) is 0 Å². The number of hydrogen-bond acceptors (Lipinski definition) is 3. The van der Waals surface area contributed by atoms with Crippen LogP contribution in [0.15, 0.2) is 54.6 Å². The third kappa shape index (κ3) is 2.37. The van der Waals surface area contributed by atoms with E-state index in [0.717, 1.165) is 0 Å². The third-order valence-electron chi connectivity index (χ3n) is 2.57. The molecule has 0 unspecified atom stereocenters. The zero-order chi connectivity index (χ0) is 13.0. The average molecular weight is 237 g/mol. The van der Waals surface area contributed by atoms with Crippen LogP contribution in [0.2, 0.25) is 0 Å². The second-order valence-electron chi connectivity index (χ2n) is 3.76. The summed E-state index contributed by atoms with van der Waals surface area (Å²) in [7, 11) is 0. The van der Waals surface area contributed by atoms with Crippen molar-refractivity contribution in [3.8, 4) is 5.75 Å². The Labute approximate surface area is 105 Å². The van der Waals surface area contributed by atoms with Crippen molar-refractivity contribution >= 4 is 17.2 Å². The highest BCUT2D eigenvalue weighted by molar-refractivity contribution is 6.36. The van der Waals surface area contributed by atoms with E-state index in [4.69, 9.17) is 5.41 Å². The zero-order valence-corrected chi connectivity index (χ0v) is 9.55. The first-order chi connectivity index (χ1) is 8.72. The van der Waals surface area contributed by atoms with Gasteiger partial charge in [-0.05, 0) is 29.8 Å². The monoisotopic (exact) mass is 237 g/mol. The molecule has 0 radical (unpaired) electrons. The van der Waals surface area contributed by atoms with Gasteiger partial charge in [0.1, 0.15) is 11.7 Å². The number of hydrogen-bond donors (Lipinski definition) is 2. The Morgan fingerprint density at radius 3 is 2.11 bits per heavy atom. The quantitative estimate of drug-likeness (QED) is 0.636. The number of phenols is 1. The Morgan fingerprint density at radius 1 is 0.944 bits per heavy atom. The minimum Gasteiger partial charge on any atom is -0.508 e. The number of nitrogens with one attached hydrogen (secondary N) is 1. The summed E-state index contributed by atoms with van der Waals surface area (Å²) < 4.78 is 0. The Hall–Kier alpha value is -2.64. The van der Waals surface area contributed by atoms with E-state index >= 15 is 0 Å². The lowest BCUT2D eigenvalue weighted by atomic mass is 9.97. The van der Waals surface area contributed by atoms with Crippen molar-refractivity contribution in [1.29, 1.82) is 5.41 Å². The van der Waals surface area contributed by atoms with Crippen LogP contribution < -0.4 is 0 Å². The van der Waals surface area contributed by atoms with Crippen LogP contribution in [-0.2, 0) is 4.79 Å². The van der Waals surface area contributed by atoms with E-state index in [1.165, 1.54) is 12.1 Å². The van der Waals surface area contributed by atoms with Gasteiger partial charge in [0, 0.05) is 5.56 Å². The summed E-state index contributed by atoms with van der Waals surface area (Å²) in [6.07, 6.45) is 0. The predicted molar refractivity (Wildman–Crippen MR) is 70.5 cm³/mol. The van der Waals surface area contributed by atoms with Crippen molar-refractivity contribution in [3.63, 3.8) is 0 Å². The van der Waals surface area contributed by atoms with Gasteiger partial charge in [-0.1, -0.05) is 30.3 Å². The van der Waals surface area contributed by atoms with Crippen LogP contribution in [-0.4, -0.2) is 16.8 Å². The minimum atomic E-state index is 0.0937. The van der Waals surface area contributed by atoms with Gasteiger partial charge in [-0.3, -0.25) is 5.41 Å². The minimum absolute atomic E-state index is 0.0937. The summed E-state index contributed by atoms with van der Waals surface area (Å²) in [4.78, 5) is 11.0. The van der Waals surface area contributed by atoms with Crippen molar-refractivity contribution in [2.75, 3.05) is 0 Å². The van der Waals surface area contributed by atoms with Crippen molar-refractivity contribution in [3.05, 3.63) is 65.7 Å². The van der Waals surface area contributed by atoms with Crippen molar-refractivity contribution in [2.24, 2.45) is 0 Å². The number of benzene rings is 2. The van der Waals surface area contributed by atoms with E-state index in [9.17, 15) is 9.90 Å². The van der Waals surface area contributed by atoms with E-state index in [-0.39, 0.29) is 17.0 Å². The molecule has 0 aliphatic heterocycles. The maximum atomic E-state index is 11.0. The summed E-state index contributed by atoms with van der Waals surface area (Å²) in [5, 5.41) is 17.2. The molecule has 0 bridgehead atoms. The Balaban J connectivity index is 2.39. The Morgan fingerprint density at radius 2 is 1.56 bits per heavy atom. The number of carbonyl (C=O) groups excluding carboxylic acids is 1. The summed E-state index contributed by atoms with van der Waals surface area (Å²) in [6.45, 7) is 0. The molecule has 0 aliphatic carbocycles. The van der Waals surface area contributed by atoms with Crippen LogP contribution in [0, 0.1) is 5.41 Å². The predicted octanol–water partition coefficient (Wildman–Crippen LogP) is 2.68. The molecule has 0 fully saturated rings. The second kappa shape index (κ2) is 5.13. The van der Waals surface area contributed by atoms with Gasteiger partial charge >= 0.3 is 0 Å². The van der Waals surface area contributed by atoms with Crippen LogP contribution in [0.5, 0.6) is 5.75 Å². The molecular formula is C15H11NO2. The summed E-state index contributed by atoms with van der Waals surface area (Å²) >= 11 is 0. The van der Waals surface area contributed by atoms with E-state index in [1.54, 1.807) is 36.4 Å². The molecule has 3 nitrogen and oxygen atoms in total. The third-order valence-corrected chi connectivity index (χ3v) is 2.57. The highest BCUT2D eigenvalue weighted by atomic mass is 16.3.